The van der Waals surface area contributed by atoms with Crippen LogP contribution in [-0.2, 0) is 30.6 Å². The maximum Gasteiger partial charge on any atom is 0.416 e. The molecule has 1 aliphatic heterocycles. The fourth-order valence-electron chi connectivity index (χ4n) is 3.10. The minimum atomic E-state index is -4.52. The highest BCUT2D eigenvalue weighted by molar-refractivity contribution is 6.28. The van der Waals surface area contributed by atoms with Crippen molar-refractivity contribution in [3.8, 4) is 0 Å². The zero-order valence-corrected chi connectivity index (χ0v) is 16.8. The monoisotopic (exact) mass is 453 g/mol. The molecule has 12 heteroatoms. The highest BCUT2D eigenvalue weighted by atomic mass is 35.5. The topological polar surface area (TPSA) is 136 Å². The molecule has 0 aliphatic carbocycles. The van der Waals surface area contributed by atoms with E-state index in [0.29, 0.717) is 22.6 Å². The lowest BCUT2D eigenvalue weighted by atomic mass is 10.1. The highest BCUT2D eigenvalue weighted by Crippen LogP contribution is 2.32. The summed E-state index contributed by atoms with van der Waals surface area (Å²) in [4.78, 5) is 22.2. The van der Waals surface area contributed by atoms with Crippen molar-refractivity contribution < 1.29 is 18.0 Å². The van der Waals surface area contributed by atoms with Gasteiger partial charge in [-0.25, -0.2) is 9.97 Å². The normalized spacial score (nSPS) is 14.2. The minimum Gasteiger partial charge on any atom is -0.405 e. The number of alkyl halides is 3. The van der Waals surface area contributed by atoms with Crippen molar-refractivity contribution in [2.45, 2.75) is 25.8 Å². The zero-order valence-electron chi connectivity index (χ0n) is 16.1. The molecule has 0 saturated heterocycles. The van der Waals surface area contributed by atoms with E-state index in [1.54, 1.807) is 0 Å². The molecule has 31 heavy (non-hydrogen) atoms. The largest absolute Gasteiger partial charge is 0.416 e. The second kappa shape index (κ2) is 8.72. The molecule has 0 saturated carbocycles. The molecule has 0 atom stereocenters. The Morgan fingerprint density at radius 1 is 1.26 bits per heavy atom. The van der Waals surface area contributed by atoms with Gasteiger partial charge in [-0.3, -0.25) is 4.79 Å². The number of nitrogens with two attached hydrogens (primary N) is 3. The van der Waals surface area contributed by atoms with Crippen molar-refractivity contribution in [1.29, 1.82) is 0 Å². The Balaban J connectivity index is 1.81. The Kier molecular flexibility index (Phi) is 6.25. The summed E-state index contributed by atoms with van der Waals surface area (Å²) in [5, 5.41) is 2.90. The number of benzene rings is 1. The van der Waals surface area contributed by atoms with Crippen LogP contribution < -0.4 is 22.5 Å². The first-order valence-electron chi connectivity index (χ1n) is 8.97. The van der Waals surface area contributed by atoms with Gasteiger partial charge in [0.1, 0.15) is 5.82 Å². The minimum absolute atomic E-state index is 0.00514. The number of aromatic nitrogens is 2. The molecule has 164 valence electrons. The summed E-state index contributed by atoms with van der Waals surface area (Å²) in [6, 6.07) is 3.29. The number of halogens is 4. The molecule has 0 spiro atoms. The van der Waals surface area contributed by atoms with Gasteiger partial charge in [0, 0.05) is 17.8 Å². The van der Waals surface area contributed by atoms with Crippen LogP contribution in [0.3, 0.4) is 0 Å². The first kappa shape index (κ1) is 22.2. The molecule has 0 radical (unpaired) electrons. The number of fused-ring (bicyclic) bond motifs is 1. The van der Waals surface area contributed by atoms with Gasteiger partial charge < -0.3 is 27.4 Å². The Morgan fingerprint density at radius 3 is 2.68 bits per heavy atom. The van der Waals surface area contributed by atoms with Crippen LogP contribution in [0.15, 0.2) is 42.2 Å². The first-order valence-corrected chi connectivity index (χ1v) is 9.35. The number of nitrogens with one attached hydrogen (secondary N) is 1. The molecule has 7 N–H and O–H groups in total. The number of hydrogen-bond donors (Lipinski definition) is 4. The molecule has 0 fully saturated rings. The van der Waals surface area contributed by atoms with Crippen LogP contribution in [0.4, 0.5) is 24.7 Å². The van der Waals surface area contributed by atoms with Crippen LogP contribution in [0.5, 0.6) is 0 Å². The average molecular weight is 454 g/mol. The Morgan fingerprint density at radius 2 is 2.00 bits per heavy atom. The molecule has 2 heterocycles. The summed E-state index contributed by atoms with van der Waals surface area (Å²) in [7, 11) is 0. The van der Waals surface area contributed by atoms with Gasteiger partial charge in [-0.15, -0.1) is 0 Å². The lowest BCUT2D eigenvalue weighted by molar-refractivity contribution is -0.137. The van der Waals surface area contributed by atoms with E-state index in [4.69, 9.17) is 28.8 Å². The molecular weight excluding hydrogens is 435 g/mol. The van der Waals surface area contributed by atoms with Gasteiger partial charge in [-0.2, -0.15) is 13.2 Å². The molecule has 1 aliphatic rings. The molecule has 0 bridgehead atoms. The number of carbonyl (C=O) groups excluding carboxylic acids is 1. The van der Waals surface area contributed by atoms with Crippen LogP contribution in [0, 0.1) is 0 Å². The molecule has 2 aromatic rings. The number of allylic oxidation sites excluding steroid dienone is 2. The quantitative estimate of drug-likeness (QED) is 0.236. The van der Waals surface area contributed by atoms with Crippen molar-refractivity contribution in [2.75, 3.05) is 11.1 Å². The number of nitrogens with zero attached hydrogens (tertiary/aromatic N) is 3. The number of nitrogen functional groups attached to an aromatic ring is 1. The summed E-state index contributed by atoms with van der Waals surface area (Å²) < 4.78 is 39.1. The second-order valence-corrected chi connectivity index (χ2v) is 7.09. The Bertz CT molecular complexity index is 1070. The van der Waals surface area contributed by atoms with Gasteiger partial charge in [0.25, 0.3) is 5.91 Å². The van der Waals surface area contributed by atoms with Crippen molar-refractivity contribution in [3.63, 3.8) is 0 Å². The summed E-state index contributed by atoms with van der Waals surface area (Å²) in [5.74, 6) is -0.116. The van der Waals surface area contributed by atoms with Gasteiger partial charge in [-0.05, 0) is 53.7 Å². The molecule has 1 amide bonds. The van der Waals surface area contributed by atoms with Gasteiger partial charge >= 0.3 is 6.18 Å². The molecule has 1 aromatic carbocycles. The third-order valence-corrected chi connectivity index (χ3v) is 4.65. The fraction of sp³-hybridized carbons (Fsp3) is 0.211. The number of amides is 1. The van der Waals surface area contributed by atoms with Crippen LogP contribution in [0.2, 0.25) is 5.28 Å². The second-order valence-electron chi connectivity index (χ2n) is 6.75. The van der Waals surface area contributed by atoms with E-state index in [0.717, 1.165) is 12.1 Å². The fourth-order valence-corrected chi connectivity index (χ4v) is 3.28. The standard InChI is InChI=1S/C19H19ClF3N7O/c20-18-28-15-9-30(17(31)14(26)2-1-3-24)8-13(15)16(29-18)27-7-10-4-11(19(21,22)23)6-12(25)5-10/h1-6H,7-9,24-26H2,(H,27,28,29)/b3-1-,14-2-. The van der Waals surface area contributed by atoms with Gasteiger partial charge in [-0.1, -0.05) is 0 Å². The van der Waals surface area contributed by atoms with Crippen LogP contribution in [0.25, 0.3) is 0 Å². The van der Waals surface area contributed by atoms with E-state index in [1.807, 2.05) is 0 Å². The summed E-state index contributed by atoms with van der Waals surface area (Å²) >= 11 is 5.99. The van der Waals surface area contributed by atoms with Gasteiger partial charge in [0.15, 0.2) is 0 Å². The van der Waals surface area contributed by atoms with Crippen molar-refractivity contribution in [1.82, 2.24) is 14.9 Å². The predicted molar refractivity (Wildman–Crippen MR) is 110 cm³/mol. The van der Waals surface area contributed by atoms with E-state index in [1.165, 1.54) is 29.3 Å². The lowest BCUT2D eigenvalue weighted by Crippen LogP contribution is -2.30. The van der Waals surface area contributed by atoms with E-state index < -0.39 is 17.6 Å². The molecular formula is C19H19ClF3N7O. The maximum absolute atomic E-state index is 13.0. The smallest absolute Gasteiger partial charge is 0.405 e. The highest BCUT2D eigenvalue weighted by Gasteiger charge is 2.31. The number of rotatable bonds is 5. The summed E-state index contributed by atoms with van der Waals surface area (Å²) in [6.07, 6.45) is -0.467. The van der Waals surface area contributed by atoms with Gasteiger partial charge in [0.05, 0.1) is 30.0 Å². The number of anilines is 2. The molecule has 0 unspecified atom stereocenters. The summed E-state index contributed by atoms with van der Waals surface area (Å²) in [5.41, 5.74) is 17.2. The summed E-state index contributed by atoms with van der Waals surface area (Å²) in [6.45, 7) is 0.312. The SMILES string of the molecule is N/C=C\C=C(/N)C(=O)N1Cc2nc(Cl)nc(NCc3cc(N)cc(C(F)(F)F)c3)c2C1. The zero-order chi connectivity index (χ0) is 22.8. The third kappa shape index (κ3) is 5.18. The number of carbonyl (C=O) groups is 1. The molecule has 8 nitrogen and oxygen atoms in total. The number of hydrogen-bond acceptors (Lipinski definition) is 7. The Hall–Kier alpha value is -3.47. The Labute approximate surface area is 180 Å². The van der Waals surface area contributed by atoms with Crippen LogP contribution in [0.1, 0.15) is 22.4 Å². The van der Waals surface area contributed by atoms with Crippen LogP contribution >= 0.6 is 11.6 Å². The van der Waals surface area contributed by atoms with E-state index >= 15 is 0 Å². The third-order valence-electron chi connectivity index (χ3n) is 4.48. The van der Waals surface area contributed by atoms with Gasteiger partial charge in [0.2, 0.25) is 5.28 Å². The van der Waals surface area contributed by atoms with Crippen molar-refractivity contribution in [3.05, 3.63) is 69.9 Å². The molecule has 1 aromatic heterocycles. The van der Waals surface area contributed by atoms with Crippen LogP contribution in [-0.4, -0.2) is 20.8 Å². The first-order chi connectivity index (χ1) is 14.6. The average Bonchev–Trinajstić information content (AvgIpc) is 3.12. The molecule has 3 rings (SSSR count). The van der Waals surface area contributed by atoms with Crippen molar-refractivity contribution in [2.24, 2.45) is 11.5 Å². The van der Waals surface area contributed by atoms with E-state index in [9.17, 15) is 18.0 Å². The van der Waals surface area contributed by atoms with Crippen molar-refractivity contribution >= 4 is 29.0 Å². The van der Waals surface area contributed by atoms with E-state index in [2.05, 4.69) is 15.3 Å². The predicted octanol–water partition coefficient (Wildman–Crippen LogP) is 2.50. The van der Waals surface area contributed by atoms with E-state index in [-0.39, 0.29) is 36.3 Å². The lowest BCUT2D eigenvalue weighted by Gasteiger charge is -2.15. The maximum atomic E-state index is 13.0.